The molecule has 8 heteroatoms. The minimum atomic E-state index is -0.264. The number of ether oxygens (including phenoxy) is 2. The topological polar surface area (TPSA) is 85.7 Å². The number of hydrogen-bond acceptors (Lipinski definition) is 5. The third-order valence-corrected chi connectivity index (χ3v) is 5.20. The monoisotopic (exact) mass is 428 g/mol. The largest absolute Gasteiger partial charge is 0.497 e. The van der Waals surface area contributed by atoms with E-state index in [2.05, 4.69) is 26.1 Å². The Hall–Kier alpha value is -2.87. The molecule has 1 fully saturated rings. The van der Waals surface area contributed by atoms with Crippen molar-refractivity contribution in [2.45, 2.75) is 39.0 Å². The van der Waals surface area contributed by atoms with Crippen molar-refractivity contribution in [3.63, 3.8) is 0 Å². The predicted molar refractivity (Wildman–Crippen MR) is 119 cm³/mol. The van der Waals surface area contributed by atoms with Gasteiger partial charge in [-0.2, -0.15) is 5.10 Å². The number of rotatable bonds is 9. The lowest BCUT2D eigenvalue weighted by Crippen LogP contribution is -2.41. The van der Waals surface area contributed by atoms with Crippen LogP contribution >= 0.6 is 0 Å². The molecule has 1 aromatic carbocycles. The first-order valence-electron chi connectivity index (χ1n) is 10.6. The van der Waals surface area contributed by atoms with E-state index in [0.29, 0.717) is 19.0 Å². The Labute approximate surface area is 183 Å². The van der Waals surface area contributed by atoms with Gasteiger partial charge < -0.3 is 19.7 Å². The van der Waals surface area contributed by atoms with Gasteiger partial charge in [0.1, 0.15) is 11.6 Å². The third-order valence-electron chi connectivity index (χ3n) is 5.20. The van der Waals surface area contributed by atoms with Gasteiger partial charge in [0.15, 0.2) is 0 Å². The molecule has 1 aliphatic rings. The van der Waals surface area contributed by atoms with E-state index in [4.69, 9.17) is 14.6 Å². The fraction of sp³-hybridized carbons (Fsp3) is 0.522. The number of amides is 2. The van der Waals surface area contributed by atoms with Gasteiger partial charge in [0.25, 0.3) is 0 Å². The maximum atomic E-state index is 12.9. The highest BCUT2D eigenvalue weighted by atomic mass is 16.5. The molecule has 1 heterocycles. The van der Waals surface area contributed by atoms with Crippen molar-refractivity contribution in [3.05, 3.63) is 36.0 Å². The van der Waals surface area contributed by atoms with Crippen molar-refractivity contribution in [2.24, 2.45) is 5.92 Å². The Kier molecular flexibility index (Phi) is 7.00. The molecule has 0 saturated heterocycles. The first-order chi connectivity index (χ1) is 14.7. The third kappa shape index (κ3) is 5.85. The number of hydrogen-bond donors (Lipinski definition) is 1. The molecule has 0 bridgehead atoms. The molecule has 1 aliphatic carbocycles. The molecule has 2 aromatic rings. The number of nitrogens with zero attached hydrogens (tertiary/aromatic N) is 3. The van der Waals surface area contributed by atoms with Crippen LogP contribution in [0.5, 0.6) is 5.75 Å². The summed E-state index contributed by atoms with van der Waals surface area (Å²) in [5, 5.41) is 7.67. The molecule has 0 spiro atoms. The Morgan fingerprint density at radius 3 is 2.42 bits per heavy atom. The Bertz CT molecular complexity index is 911. The summed E-state index contributed by atoms with van der Waals surface area (Å²) in [6.07, 6.45) is 1.78. The first-order valence-corrected chi connectivity index (χ1v) is 10.6. The van der Waals surface area contributed by atoms with Gasteiger partial charge >= 0.3 is 0 Å². The van der Waals surface area contributed by atoms with Gasteiger partial charge in [0.2, 0.25) is 11.8 Å². The van der Waals surface area contributed by atoms with Crippen LogP contribution in [0.15, 0.2) is 30.3 Å². The van der Waals surface area contributed by atoms with Crippen molar-refractivity contribution in [1.29, 1.82) is 0 Å². The highest BCUT2D eigenvalue weighted by Gasteiger charge is 2.34. The zero-order chi connectivity index (χ0) is 22.6. The smallest absolute Gasteiger partial charge is 0.245 e. The Morgan fingerprint density at radius 2 is 1.87 bits per heavy atom. The number of nitrogens with one attached hydrogen (secondary N) is 1. The van der Waals surface area contributed by atoms with E-state index in [0.717, 1.165) is 30.0 Å². The zero-order valence-corrected chi connectivity index (χ0v) is 19.0. The van der Waals surface area contributed by atoms with Crippen LogP contribution in [0, 0.1) is 5.92 Å². The van der Waals surface area contributed by atoms with E-state index in [1.165, 1.54) is 0 Å². The lowest BCUT2D eigenvalue weighted by molar-refractivity contribution is -0.136. The second-order valence-electron chi connectivity index (χ2n) is 8.85. The molecule has 1 aromatic heterocycles. The highest BCUT2D eigenvalue weighted by molar-refractivity contribution is 5.94. The van der Waals surface area contributed by atoms with Crippen molar-refractivity contribution in [3.8, 4) is 11.4 Å². The summed E-state index contributed by atoms with van der Waals surface area (Å²) in [5.74, 6) is 1.10. The molecule has 3 rings (SSSR count). The number of aromatic nitrogens is 2. The quantitative estimate of drug-likeness (QED) is 0.664. The van der Waals surface area contributed by atoms with Crippen molar-refractivity contribution < 1.29 is 19.1 Å². The molecule has 1 N–H and O–H groups in total. The summed E-state index contributed by atoms with van der Waals surface area (Å²) in [7, 11) is 3.20. The van der Waals surface area contributed by atoms with Gasteiger partial charge in [-0.1, -0.05) is 20.8 Å². The molecule has 2 amide bonds. The molecule has 0 atom stereocenters. The number of carbonyl (C=O) groups excluding carboxylic acids is 2. The minimum absolute atomic E-state index is 0.0165. The molecule has 168 valence electrons. The fourth-order valence-electron chi connectivity index (χ4n) is 3.17. The van der Waals surface area contributed by atoms with Crippen LogP contribution in [0.3, 0.4) is 0 Å². The first kappa shape index (κ1) is 22.8. The van der Waals surface area contributed by atoms with Gasteiger partial charge in [-0.15, -0.1) is 0 Å². The Balaban J connectivity index is 1.81. The van der Waals surface area contributed by atoms with Gasteiger partial charge in [0, 0.05) is 31.1 Å². The molecule has 0 aliphatic heterocycles. The van der Waals surface area contributed by atoms with E-state index in [1.807, 2.05) is 30.3 Å². The number of anilines is 1. The van der Waals surface area contributed by atoms with Crippen LogP contribution in [0.4, 0.5) is 5.82 Å². The highest BCUT2D eigenvalue weighted by Crippen LogP contribution is 2.31. The average Bonchev–Trinajstić information content (AvgIpc) is 3.50. The van der Waals surface area contributed by atoms with E-state index < -0.39 is 0 Å². The average molecular weight is 429 g/mol. The van der Waals surface area contributed by atoms with Gasteiger partial charge in [-0.25, -0.2) is 4.68 Å². The molecule has 31 heavy (non-hydrogen) atoms. The summed E-state index contributed by atoms with van der Waals surface area (Å²) in [6.45, 7) is 6.98. The van der Waals surface area contributed by atoms with E-state index in [-0.39, 0.29) is 29.7 Å². The van der Waals surface area contributed by atoms with Crippen molar-refractivity contribution in [1.82, 2.24) is 14.7 Å². The summed E-state index contributed by atoms with van der Waals surface area (Å²) in [6, 6.07) is 9.34. The van der Waals surface area contributed by atoms with Gasteiger partial charge in [0.05, 0.1) is 31.6 Å². The lowest BCUT2D eigenvalue weighted by Gasteiger charge is -2.22. The van der Waals surface area contributed by atoms with Crippen LogP contribution in [0.2, 0.25) is 0 Å². The molecular weight excluding hydrogens is 396 g/mol. The van der Waals surface area contributed by atoms with Crippen LogP contribution in [0.1, 0.15) is 39.3 Å². The molecule has 1 saturated carbocycles. The number of carbonyl (C=O) groups is 2. The standard InChI is InChI=1S/C23H32N4O4/c1-23(2,3)19-14-20(27(25-19)17-8-10-18(31-5)11-9-17)24-21(28)15-26(12-13-30-4)22(29)16-6-7-16/h8-11,14,16H,6-7,12-13,15H2,1-5H3,(H,24,28). The normalized spacial score (nSPS) is 13.7. The summed E-state index contributed by atoms with van der Waals surface area (Å²) in [5.41, 5.74) is 1.46. The predicted octanol–water partition coefficient (Wildman–Crippen LogP) is 3.00. The number of methoxy groups -OCH3 is 2. The van der Waals surface area contributed by atoms with Crippen LogP contribution in [0.25, 0.3) is 5.69 Å². The SMILES string of the molecule is COCCN(CC(=O)Nc1cc(C(C)(C)C)nn1-c1ccc(OC)cc1)C(=O)C1CC1. The molecule has 8 nitrogen and oxygen atoms in total. The maximum Gasteiger partial charge on any atom is 0.245 e. The summed E-state index contributed by atoms with van der Waals surface area (Å²) < 4.78 is 12.1. The summed E-state index contributed by atoms with van der Waals surface area (Å²) >= 11 is 0. The second kappa shape index (κ2) is 9.51. The number of benzene rings is 1. The summed E-state index contributed by atoms with van der Waals surface area (Å²) in [4.78, 5) is 27.0. The van der Waals surface area contributed by atoms with Crippen LogP contribution < -0.4 is 10.1 Å². The van der Waals surface area contributed by atoms with Crippen molar-refractivity contribution in [2.75, 3.05) is 39.2 Å². The zero-order valence-electron chi connectivity index (χ0n) is 19.0. The van der Waals surface area contributed by atoms with Gasteiger partial charge in [-0.3, -0.25) is 9.59 Å². The Morgan fingerprint density at radius 1 is 1.19 bits per heavy atom. The molecule has 0 radical (unpaired) electrons. The fourth-order valence-corrected chi connectivity index (χ4v) is 3.17. The molecular formula is C23H32N4O4. The van der Waals surface area contributed by atoms with E-state index in [9.17, 15) is 9.59 Å². The molecule has 0 unspecified atom stereocenters. The minimum Gasteiger partial charge on any atom is -0.497 e. The van der Waals surface area contributed by atoms with Crippen molar-refractivity contribution >= 4 is 17.6 Å². The van der Waals surface area contributed by atoms with Gasteiger partial charge in [-0.05, 0) is 37.1 Å². The van der Waals surface area contributed by atoms with E-state index >= 15 is 0 Å². The van der Waals surface area contributed by atoms with Crippen LogP contribution in [-0.2, 0) is 19.7 Å². The lowest BCUT2D eigenvalue weighted by atomic mass is 9.92. The van der Waals surface area contributed by atoms with Crippen LogP contribution in [-0.4, -0.2) is 60.4 Å². The maximum absolute atomic E-state index is 12.9. The second-order valence-corrected chi connectivity index (χ2v) is 8.85. The van der Waals surface area contributed by atoms with E-state index in [1.54, 1.807) is 23.8 Å².